The molecule has 1 amide bonds. The Morgan fingerprint density at radius 1 is 1.15 bits per heavy atom. The predicted octanol–water partition coefficient (Wildman–Crippen LogP) is 0.732. The van der Waals surface area contributed by atoms with Gasteiger partial charge in [0.1, 0.15) is 5.41 Å². The van der Waals surface area contributed by atoms with Gasteiger partial charge in [-0.2, -0.15) is 0 Å². The molecule has 0 aliphatic heterocycles. The zero-order valence-corrected chi connectivity index (χ0v) is 12.9. The second-order valence-corrected chi connectivity index (χ2v) is 5.30. The van der Waals surface area contributed by atoms with Gasteiger partial charge in [-0.3, -0.25) is 19.3 Å². The van der Waals surface area contributed by atoms with E-state index in [9.17, 15) is 14.4 Å². The molecule has 116 valence electrons. The molecule has 0 bridgehead atoms. The molecule has 0 aliphatic carbocycles. The second kappa shape index (κ2) is 8.68. The van der Waals surface area contributed by atoms with Crippen molar-refractivity contribution in [1.29, 1.82) is 0 Å². The van der Waals surface area contributed by atoms with E-state index in [2.05, 4.69) is 0 Å². The summed E-state index contributed by atoms with van der Waals surface area (Å²) in [6.45, 7) is 7.66. The fraction of sp³-hybridized carbons (Fsp3) is 0.786. The van der Waals surface area contributed by atoms with Crippen LogP contribution >= 0.6 is 0 Å². The van der Waals surface area contributed by atoms with Gasteiger partial charge in [-0.15, -0.1) is 0 Å². The van der Waals surface area contributed by atoms with E-state index < -0.39 is 17.3 Å². The lowest BCUT2D eigenvalue weighted by Gasteiger charge is -2.26. The van der Waals surface area contributed by atoms with Crippen LogP contribution in [0.5, 0.6) is 0 Å². The number of carbonyl (C=O) groups is 3. The molecule has 0 fully saturated rings. The van der Waals surface area contributed by atoms with Crippen molar-refractivity contribution in [2.24, 2.45) is 11.1 Å². The third-order valence-electron chi connectivity index (χ3n) is 3.06. The van der Waals surface area contributed by atoms with Crippen LogP contribution in [0.25, 0.3) is 0 Å². The molecule has 0 aromatic heterocycles. The number of hydrogen-bond donors (Lipinski definition) is 1. The molecule has 0 rings (SSSR count). The molecule has 0 aromatic carbocycles. The van der Waals surface area contributed by atoms with Crippen LogP contribution in [0.3, 0.4) is 0 Å². The number of amides is 1. The van der Waals surface area contributed by atoms with Crippen molar-refractivity contribution >= 4 is 17.7 Å². The van der Waals surface area contributed by atoms with Crippen molar-refractivity contribution in [3.8, 4) is 0 Å². The van der Waals surface area contributed by atoms with Crippen molar-refractivity contribution in [3.05, 3.63) is 0 Å². The molecule has 0 unspecified atom stereocenters. The molecule has 0 spiro atoms. The SMILES string of the molecule is CCCCN(CC(N)=O)CC(=O)C(C)(C)C(=O)OCC. The minimum atomic E-state index is -1.21. The second-order valence-electron chi connectivity index (χ2n) is 5.30. The van der Waals surface area contributed by atoms with Crippen LogP contribution < -0.4 is 5.73 Å². The number of rotatable bonds is 10. The molecule has 0 atom stereocenters. The highest BCUT2D eigenvalue weighted by molar-refractivity contribution is 6.04. The largest absolute Gasteiger partial charge is 0.465 e. The summed E-state index contributed by atoms with van der Waals surface area (Å²) in [5.41, 5.74) is 3.96. The smallest absolute Gasteiger partial charge is 0.319 e. The summed E-state index contributed by atoms with van der Waals surface area (Å²) in [5.74, 6) is -1.30. The Balaban J connectivity index is 4.71. The van der Waals surface area contributed by atoms with Crippen LogP contribution in [-0.2, 0) is 19.1 Å². The third-order valence-corrected chi connectivity index (χ3v) is 3.06. The first-order valence-electron chi connectivity index (χ1n) is 6.96. The number of hydrogen-bond acceptors (Lipinski definition) is 5. The van der Waals surface area contributed by atoms with Gasteiger partial charge >= 0.3 is 5.97 Å². The zero-order chi connectivity index (χ0) is 15.8. The lowest BCUT2D eigenvalue weighted by atomic mass is 9.87. The molecule has 0 radical (unpaired) electrons. The minimum Gasteiger partial charge on any atom is -0.465 e. The maximum atomic E-state index is 12.2. The van der Waals surface area contributed by atoms with Gasteiger partial charge in [0.2, 0.25) is 5.91 Å². The Morgan fingerprint density at radius 3 is 2.20 bits per heavy atom. The van der Waals surface area contributed by atoms with Gasteiger partial charge in [-0.05, 0) is 33.7 Å². The Hall–Kier alpha value is -1.43. The average Bonchev–Trinajstić information content (AvgIpc) is 2.35. The summed E-state index contributed by atoms with van der Waals surface area (Å²) in [6.07, 6.45) is 1.81. The van der Waals surface area contributed by atoms with E-state index in [-0.39, 0.29) is 25.5 Å². The standard InChI is InChI=1S/C14H26N2O4/c1-5-7-8-16(10-12(15)18)9-11(17)14(3,4)13(19)20-6-2/h5-10H2,1-4H3,(H2,15,18). The number of ether oxygens (including phenoxy) is 1. The maximum Gasteiger partial charge on any atom is 0.319 e. The maximum absolute atomic E-state index is 12.2. The summed E-state index contributed by atoms with van der Waals surface area (Å²) in [6, 6.07) is 0. The lowest BCUT2D eigenvalue weighted by molar-refractivity contribution is -0.158. The van der Waals surface area contributed by atoms with E-state index in [0.717, 1.165) is 12.8 Å². The first kappa shape index (κ1) is 18.6. The molecular weight excluding hydrogens is 260 g/mol. The summed E-state index contributed by atoms with van der Waals surface area (Å²) < 4.78 is 4.90. The number of primary amides is 1. The number of ketones is 1. The lowest BCUT2D eigenvalue weighted by Crippen LogP contribution is -2.45. The fourth-order valence-electron chi connectivity index (χ4n) is 1.64. The highest BCUT2D eigenvalue weighted by Crippen LogP contribution is 2.19. The molecule has 0 aromatic rings. The Bertz CT molecular complexity index is 353. The van der Waals surface area contributed by atoms with Gasteiger partial charge < -0.3 is 10.5 Å². The Morgan fingerprint density at radius 2 is 1.75 bits per heavy atom. The quantitative estimate of drug-likeness (QED) is 0.472. The molecule has 6 nitrogen and oxygen atoms in total. The van der Waals surface area contributed by atoms with E-state index in [4.69, 9.17) is 10.5 Å². The number of esters is 1. The molecule has 20 heavy (non-hydrogen) atoms. The number of carbonyl (C=O) groups excluding carboxylic acids is 3. The van der Waals surface area contributed by atoms with E-state index in [0.29, 0.717) is 6.54 Å². The highest BCUT2D eigenvalue weighted by atomic mass is 16.5. The monoisotopic (exact) mass is 286 g/mol. The fourth-order valence-corrected chi connectivity index (χ4v) is 1.64. The Labute approximate surface area is 120 Å². The van der Waals surface area contributed by atoms with Crippen molar-refractivity contribution < 1.29 is 19.1 Å². The van der Waals surface area contributed by atoms with Gasteiger partial charge in [0, 0.05) is 0 Å². The number of nitrogens with zero attached hydrogens (tertiary/aromatic N) is 1. The van der Waals surface area contributed by atoms with Crippen LogP contribution in [0.2, 0.25) is 0 Å². The number of Topliss-reactive ketones (excluding diaryl/α,β-unsaturated/α-hetero) is 1. The van der Waals surface area contributed by atoms with Gasteiger partial charge in [-0.1, -0.05) is 13.3 Å². The van der Waals surface area contributed by atoms with E-state index >= 15 is 0 Å². The molecule has 2 N–H and O–H groups in total. The van der Waals surface area contributed by atoms with E-state index in [1.807, 2.05) is 6.92 Å². The van der Waals surface area contributed by atoms with Gasteiger partial charge in [0.15, 0.2) is 5.78 Å². The van der Waals surface area contributed by atoms with Crippen LogP contribution in [-0.4, -0.2) is 48.8 Å². The highest BCUT2D eigenvalue weighted by Gasteiger charge is 2.37. The van der Waals surface area contributed by atoms with Gasteiger partial charge in [0.25, 0.3) is 0 Å². The molecule has 0 heterocycles. The third kappa shape index (κ3) is 6.14. The molecule has 6 heteroatoms. The van der Waals surface area contributed by atoms with Crippen molar-refractivity contribution in [1.82, 2.24) is 4.90 Å². The molecule has 0 saturated carbocycles. The Kier molecular flexibility index (Phi) is 8.06. The van der Waals surface area contributed by atoms with Crippen molar-refractivity contribution in [3.63, 3.8) is 0 Å². The van der Waals surface area contributed by atoms with Crippen LogP contribution in [0, 0.1) is 5.41 Å². The summed E-state index contributed by atoms with van der Waals surface area (Å²) in [5, 5.41) is 0. The minimum absolute atomic E-state index is 0.0185. The van der Waals surface area contributed by atoms with Crippen molar-refractivity contribution in [2.45, 2.75) is 40.5 Å². The zero-order valence-electron chi connectivity index (χ0n) is 12.9. The topological polar surface area (TPSA) is 89.7 Å². The summed E-state index contributed by atoms with van der Waals surface area (Å²) >= 11 is 0. The molecule has 0 aliphatic rings. The number of unbranched alkanes of at least 4 members (excludes halogenated alkanes) is 1. The van der Waals surface area contributed by atoms with Crippen LogP contribution in [0.15, 0.2) is 0 Å². The van der Waals surface area contributed by atoms with Gasteiger partial charge in [0.05, 0.1) is 19.7 Å². The molecular formula is C14H26N2O4. The average molecular weight is 286 g/mol. The normalized spacial score (nSPS) is 11.4. The summed E-state index contributed by atoms with van der Waals surface area (Å²) in [7, 11) is 0. The van der Waals surface area contributed by atoms with E-state index in [1.54, 1.807) is 11.8 Å². The summed E-state index contributed by atoms with van der Waals surface area (Å²) in [4.78, 5) is 36.7. The van der Waals surface area contributed by atoms with Crippen LogP contribution in [0.1, 0.15) is 40.5 Å². The predicted molar refractivity (Wildman–Crippen MR) is 76.0 cm³/mol. The van der Waals surface area contributed by atoms with E-state index in [1.165, 1.54) is 13.8 Å². The first-order valence-corrected chi connectivity index (χ1v) is 6.96. The number of nitrogens with two attached hydrogens (primary N) is 1. The first-order chi connectivity index (χ1) is 9.25. The van der Waals surface area contributed by atoms with Gasteiger partial charge in [-0.25, -0.2) is 0 Å². The van der Waals surface area contributed by atoms with Crippen molar-refractivity contribution in [2.75, 3.05) is 26.2 Å². The molecule has 0 saturated heterocycles. The van der Waals surface area contributed by atoms with Crippen LogP contribution in [0.4, 0.5) is 0 Å².